The fourth-order valence-electron chi connectivity index (χ4n) is 2.13. The molecule has 1 amide bonds. The summed E-state index contributed by atoms with van der Waals surface area (Å²) in [5, 5.41) is 6.53. The molecule has 0 aromatic carbocycles. The maximum absolute atomic E-state index is 12.0. The van der Waals surface area contributed by atoms with Crippen molar-refractivity contribution in [3.8, 4) is 0 Å². The van der Waals surface area contributed by atoms with Gasteiger partial charge in [0, 0.05) is 6.07 Å². The van der Waals surface area contributed by atoms with Gasteiger partial charge in [0.05, 0.1) is 6.04 Å². The summed E-state index contributed by atoms with van der Waals surface area (Å²) >= 11 is 0. The van der Waals surface area contributed by atoms with Crippen molar-refractivity contribution in [1.82, 2.24) is 10.1 Å². The molecule has 2 rings (SSSR count). The number of nitrogens with one attached hydrogen (secondary N) is 1. The second-order valence-corrected chi connectivity index (χ2v) is 4.58. The molecule has 1 aliphatic heterocycles. The highest BCUT2D eigenvalue weighted by molar-refractivity contribution is 5.93. The van der Waals surface area contributed by atoms with Crippen molar-refractivity contribution in [2.24, 2.45) is 0 Å². The molecule has 94 valence electrons. The van der Waals surface area contributed by atoms with E-state index in [4.69, 9.17) is 4.52 Å². The highest BCUT2D eigenvalue weighted by Gasteiger charge is 2.23. The zero-order valence-electron chi connectivity index (χ0n) is 10.4. The minimum absolute atomic E-state index is 0.0137. The second-order valence-electron chi connectivity index (χ2n) is 4.58. The molecule has 0 aliphatic carbocycles. The Labute approximate surface area is 101 Å². The number of nitrogens with zero attached hydrogens (tertiary/aromatic N) is 2. The molecular weight excluding hydrogens is 218 g/mol. The number of rotatable bonds is 3. The summed E-state index contributed by atoms with van der Waals surface area (Å²) in [5.74, 6) is 1.18. The molecule has 0 unspecified atom stereocenters. The Bertz CT molecular complexity index is 383. The van der Waals surface area contributed by atoms with E-state index in [9.17, 15) is 4.79 Å². The lowest BCUT2D eigenvalue weighted by Gasteiger charge is -2.31. The van der Waals surface area contributed by atoms with Gasteiger partial charge in [-0.3, -0.25) is 9.69 Å². The van der Waals surface area contributed by atoms with Gasteiger partial charge in [-0.05, 0) is 39.8 Å². The summed E-state index contributed by atoms with van der Waals surface area (Å²) in [7, 11) is 0. The fourth-order valence-corrected chi connectivity index (χ4v) is 2.13. The van der Waals surface area contributed by atoms with E-state index in [0.717, 1.165) is 13.1 Å². The number of likely N-dealkylation sites (tertiary alicyclic amines) is 1. The van der Waals surface area contributed by atoms with Crippen molar-refractivity contribution in [2.75, 3.05) is 18.4 Å². The van der Waals surface area contributed by atoms with Crippen LogP contribution in [0.5, 0.6) is 0 Å². The minimum atomic E-state index is -0.104. The maximum atomic E-state index is 12.0. The van der Waals surface area contributed by atoms with Gasteiger partial charge in [-0.15, -0.1) is 0 Å². The highest BCUT2D eigenvalue weighted by Crippen LogP contribution is 2.14. The Hall–Kier alpha value is -1.36. The molecule has 1 fully saturated rings. The lowest BCUT2D eigenvalue weighted by atomic mass is 10.1. The van der Waals surface area contributed by atoms with Crippen LogP contribution in [0.2, 0.25) is 0 Å². The molecule has 5 heteroatoms. The quantitative estimate of drug-likeness (QED) is 0.870. The SMILES string of the molecule is Cc1cc(NC(=O)[C@H](C)N2CCCCC2)no1. The zero-order chi connectivity index (χ0) is 12.3. The van der Waals surface area contributed by atoms with E-state index in [0.29, 0.717) is 11.6 Å². The van der Waals surface area contributed by atoms with Gasteiger partial charge in [-0.2, -0.15) is 0 Å². The largest absolute Gasteiger partial charge is 0.360 e. The minimum Gasteiger partial charge on any atom is -0.360 e. The third-order valence-corrected chi connectivity index (χ3v) is 3.20. The predicted octanol–water partition coefficient (Wildman–Crippen LogP) is 1.80. The number of hydrogen-bond donors (Lipinski definition) is 1. The summed E-state index contributed by atoms with van der Waals surface area (Å²) in [5.41, 5.74) is 0. The zero-order valence-corrected chi connectivity index (χ0v) is 10.4. The summed E-state index contributed by atoms with van der Waals surface area (Å²) in [6.45, 7) is 5.75. The molecule has 2 heterocycles. The van der Waals surface area contributed by atoms with Crippen LogP contribution in [0.1, 0.15) is 31.9 Å². The number of anilines is 1. The fraction of sp³-hybridized carbons (Fsp3) is 0.667. The number of aryl methyl sites for hydroxylation is 1. The van der Waals surface area contributed by atoms with Crippen LogP contribution in [-0.4, -0.2) is 35.1 Å². The average molecular weight is 237 g/mol. The molecule has 1 saturated heterocycles. The van der Waals surface area contributed by atoms with Crippen LogP contribution in [0.15, 0.2) is 10.6 Å². The summed E-state index contributed by atoms with van der Waals surface area (Å²) in [6, 6.07) is 1.62. The van der Waals surface area contributed by atoms with E-state index in [1.807, 2.05) is 6.92 Å². The van der Waals surface area contributed by atoms with Crippen LogP contribution >= 0.6 is 0 Å². The van der Waals surface area contributed by atoms with Crippen LogP contribution in [-0.2, 0) is 4.79 Å². The van der Waals surface area contributed by atoms with Gasteiger partial charge in [-0.25, -0.2) is 0 Å². The summed E-state index contributed by atoms with van der Waals surface area (Å²) in [6.07, 6.45) is 3.63. The first-order valence-corrected chi connectivity index (χ1v) is 6.15. The van der Waals surface area contributed by atoms with E-state index in [-0.39, 0.29) is 11.9 Å². The molecule has 1 aliphatic rings. The molecule has 0 spiro atoms. The number of amides is 1. The number of carbonyl (C=O) groups excluding carboxylic acids is 1. The summed E-state index contributed by atoms with van der Waals surface area (Å²) in [4.78, 5) is 14.2. The standard InChI is InChI=1S/C12H19N3O2/c1-9-8-11(14-17-9)13-12(16)10(2)15-6-4-3-5-7-15/h8,10H,3-7H2,1-2H3,(H,13,14,16)/t10-/m0/s1. The van der Waals surface area contributed by atoms with Crippen LogP contribution < -0.4 is 5.32 Å². The van der Waals surface area contributed by atoms with Gasteiger partial charge in [0.15, 0.2) is 5.82 Å². The number of piperidine rings is 1. The van der Waals surface area contributed by atoms with Crippen molar-refractivity contribution in [2.45, 2.75) is 39.2 Å². The van der Waals surface area contributed by atoms with E-state index in [1.54, 1.807) is 13.0 Å². The first-order valence-electron chi connectivity index (χ1n) is 6.15. The van der Waals surface area contributed by atoms with E-state index in [1.165, 1.54) is 19.3 Å². The molecule has 0 saturated carbocycles. The van der Waals surface area contributed by atoms with Gasteiger partial charge >= 0.3 is 0 Å². The Balaban J connectivity index is 1.90. The normalized spacial score (nSPS) is 18.9. The number of hydrogen-bond acceptors (Lipinski definition) is 4. The van der Waals surface area contributed by atoms with Crippen molar-refractivity contribution in [3.63, 3.8) is 0 Å². The molecule has 17 heavy (non-hydrogen) atoms. The molecule has 1 aromatic rings. The molecular formula is C12H19N3O2. The van der Waals surface area contributed by atoms with Crippen molar-refractivity contribution in [3.05, 3.63) is 11.8 Å². The van der Waals surface area contributed by atoms with Gasteiger partial charge in [0.25, 0.3) is 0 Å². The second kappa shape index (κ2) is 5.31. The topological polar surface area (TPSA) is 58.4 Å². The van der Waals surface area contributed by atoms with E-state index in [2.05, 4.69) is 15.4 Å². The third-order valence-electron chi connectivity index (χ3n) is 3.20. The Morgan fingerprint density at radius 2 is 2.18 bits per heavy atom. The van der Waals surface area contributed by atoms with Crippen molar-refractivity contribution >= 4 is 11.7 Å². The number of aromatic nitrogens is 1. The Morgan fingerprint density at radius 1 is 1.47 bits per heavy atom. The molecule has 0 radical (unpaired) electrons. The molecule has 5 nitrogen and oxygen atoms in total. The van der Waals surface area contributed by atoms with Gasteiger partial charge in [0.1, 0.15) is 5.76 Å². The first-order chi connectivity index (χ1) is 8.16. The van der Waals surface area contributed by atoms with Crippen molar-refractivity contribution < 1.29 is 9.32 Å². The monoisotopic (exact) mass is 237 g/mol. The molecule has 1 atom stereocenters. The van der Waals surface area contributed by atoms with Gasteiger partial charge < -0.3 is 9.84 Å². The number of carbonyl (C=O) groups is 1. The lowest BCUT2D eigenvalue weighted by molar-refractivity contribution is -0.121. The van der Waals surface area contributed by atoms with Crippen molar-refractivity contribution in [1.29, 1.82) is 0 Å². The van der Waals surface area contributed by atoms with Crippen LogP contribution in [0.3, 0.4) is 0 Å². The van der Waals surface area contributed by atoms with Crippen LogP contribution in [0.4, 0.5) is 5.82 Å². The molecule has 0 bridgehead atoms. The van der Waals surface area contributed by atoms with Crippen LogP contribution in [0.25, 0.3) is 0 Å². The average Bonchev–Trinajstić information content (AvgIpc) is 2.75. The van der Waals surface area contributed by atoms with E-state index >= 15 is 0 Å². The van der Waals surface area contributed by atoms with Gasteiger partial charge in [0.2, 0.25) is 5.91 Å². The molecule has 1 N–H and O–H groups in total. The Morgan fingerprint density at radius 3 is 2.76 bits per heavy atom. The third kappa shape index (κ3) is 3.06. The maximum Gasteiger partial charge on any atom is 0.242 e. The lowest BCUT2D eigenvalue weighted by Crippen LogP contribution is -2.44. The van der Waals surface area contributed by atoms with E-state index < -0.39 is 0 Å². The highest BCUT2D eigenvalue weighted by atomic mass is 16.5. The predicted molar refractivity (Wildman–Crippen MR) is 64.8 cm³/mol. The Kier molecular flexibility index (Phi) is 3.78. The molecule has 1 aromatic heterocycles. The summed E-state index contributed by atoms with van der Waals surface area (Å²) < 4.78 is 4.91. The van der Waals surface area contributed by atoms with Gasteiger partial charge in [-0.1, -0.05) is 11.6 Å². The first kappa shape index (κ1) is 12.1. The smallest absolute Gasteiger partial charge is 0.242 e. The van der Waals surface area contributed by atoms with Crippen LogP contribution in [0, 0.1) is 6.92 Å².